The highest BCUT2D eigenvalue weighted by molar-refractivity contribution is 6.39. The highest BCUT2D eigenvalue weighted by atomic mass is 35.5. The van der Waals surface area contributed by atoms with Crippen molar-refractivity contribution in [2.24, 2.45) is 0 Å². The first-order valence-corrected chi connectivity index (χ1v) is 8.51. The van der Waals surface area contributed by atoms with Crippen LogP contribution in [0.5, 0.6) is 0 Å². The van der Waals surface area contributed by atoms with E-state index in [0.29, 0.717) is 5.56 Å². The minimum atomic E-state index is -0.928. The number of benzene rings is 2. The maximum Gasteiger partial charge on any atom is 0.328 e. The molecule has 2 rings (SSSR count). The van der Waals surface area contributed by atoms with Crippen LogP contribution in [0, 0.1) is 0 Å². The first-order valence-electron chi connectivity index (χ1n) is 7.76. The predicted octanol–water partition coefficient (Wildman–Crippen LogP) is 3.71. The second-order valence-corrected chi connectivity index (χ2v) is 6.42. The first-order chi connectivity index (χ1) is 12.3. The van der Waals surface area contributed by atoms with Crippen molar-refractivity contribution >= 4 is 40.9 Å². The number of nitrogens with one attached hydrogen (secondary N) is 1. The monoisotopic (exact) mass is 393 g/mol. The minimum Gasteiger partial charge on any atom is -0.467 e. The summed E-state index contributed by atoms with van der Waals surface area (Å²) in [6, 6.07) is 10.5. The van der Waals surface area contributed by atoms with E-state index < -0.39 is 17.9 Å². The van der Waals surface area contributed by atoms with Gasteiger partial charge in [0, 0.05) is 12.0 Å². The van der Waals surface area contributed by atoms with E-state index in [4.69, 9.17) is 27.9 Å². The van der Waals surface area contributed by atoms with E-state index in [1.54, 1.807) is 30.3 Å². The zero-order valence-corrected chi connectivity index (χ0v) is 15.7. The van der Waals surface area contributed by atoms with Crippen molar-refractivity contribution in [1.82, 2.24) is 5.32 Å². The van der Waals surface area contributed by atoms with Crippen LogP contribution in [0.15, 0.2) is 42.5 Å². The molecule has 1 N–H and O–H groups in total. The van der Waals surface area contributed by atoms with Gasteiger partial charge in [0.25, 0.3) is 5.91 Å². The van der Waals surface area contributed by atoms with Gasteiger partial charge in [-0.3, -0.25) is 9.59 Å². The summed E-state index contributed by atoms with van der Waals surface area (Å²) in [5.74, 6) is -1.23. The Labute approximate surface area is 161 Å². The number of amides is 1. The van der Waals surface area contributed by atoms with E-state index in [1.807, 2.05) is 0 Å². The molecule has 0 saturated carbocycles. The third kappa shape index (κ3) is 4.84. The molecule has 0 aliphatic carbocycles. The number of ketones is 1. The second kappa shape index (κ2) is 8.83. The standard InChI is InChI=1S/C19H17Cl2NO4/c1-11(23)13-8-6-12(7-9-13)10-16(19(25)26-2)22-18(24)17-14(20)4-3-5-15(17)21/h3-9,16H,10H2,1-2H3,(H,22,24). The fourth-order valence-electron chi connectivity index (χ4n) is 2.39. The molecular weight excluding hydrogens is 377 g/mol. The maximum atomic E-state index is 12.5. The SMILES string of the molecule is COC(=O)C(Cc1ccc(C(C)=O)cc1)NC(=O)c1c(Cl)cccc1Cl. The Morgan fingerprint density at radius 2 is 1.62 bits per heavy atom. The van der Waals surface area contributed by atoms with Gasteiger partial charge >= 0.3 is 5.97 Å². The van der Waals surface area contributed by atoms with Gasteiger partial charge in [-0.25, -0.2) is 4.79 Å². The second-order valence-electron chi connectivity index (χ2n) is 5.60. The van der Waals surface area contributed by atoms with E-state index in [1.165, 1.54) is 26.2 Å². The molecule has 0 aliphatic heterocycles. The molecule has 136 valence electrons. The molecule has 2 aromatic rings. The molecule has 0 fully saturated rings. The van der Waals surface area contributed by atoms with Crippen molar-refractivity contribution < 1.29 is 19.1 Å². The molecule has 5 nitrogen and oxygen atoms in total. The molecule has 0 spiro atoms. The van der Waals surface area contributed by atoms with Crippen LogP contribution < -0.4 is 5.32 Å². The molecule has 0 aromatic heterocycles. The molecule has 0 aliphatic rings. The number of carbonyl (C=O) groups is 3. The van der Waals surface area contributed by atoms with Crippen LogP contribution in [0.1, 0.15) is 33.2 Å². The van der Waals surface area contributed by atoms with E-state index in [2.05, 4.69) is 5.32 Å². The average molecular weight is 394 g/mol. The molecule has 0 saturated heterocycles. The molecule has 1 amide bonds. The number of methoxy groups -OCH3 is 1. The Morgan fingerprint density at radius 1 is 1.04 bits per heavy atom. The van der Waals surface area contributed by atoms with Crippen LogP contribution >= 0.6 is 23.2 Å². The van der Waals surface area contributed by atoms with Gasteiger partial charge in [0.2, 0.25) is 0 Å². The van der Waals surface area contributed by atoms with Crippen LogP contribution in [0.3, 0.4) is 0 Å². The highest BCUT2D eigenvalue weighted by Gasteiger charge is 2.24. The third-order valence-corrected chi connectivity index (χ3v) is 4.41. The number of hydrogen-bond acceptors (Lipinski definition) is 4. The normalized spacial score (nSPS) is 11.5. The van der Waals surface area contributed by atoms with E-state index in [9.17, 15) is 14.4 Å². The van der Waals surface area contributed by atoms with Gasteiger partial charge in [0.05, 0.1) is 22.7 Å². The smallest absolute Gasteiger partial charge is 0.328 e. The van der Waals surface area contributed by atoms with Crippen molar-refractivity contribution in [2.75, 3.05) is 7.11 Å². The summed E-state index contributed by atoms with van der Waals surface area (Å²) in [5, 5.41) is 2.97. The summed E-state index contributed by atoms with van der Waals surface area (Å²) in [4.78, 5) is 35.9. The average Bonchev–Trinajstić information content (AvgIpc) is 2.60. The van der Waals surface area contributed by atoms with Gasteiger partial charge in [0.1, 0.15) is 6.04 Å². The minimum absolute atomic E-state index is 0.0530. The topological polar surface area (TPSA) is 72.5 Å². The summed E-state index contributed by atoms with van der Waals surface area (Å²) in [6.45, 7) is 1.47. The van der Waals surface area contributed by atoms with E-state index in [-0.39, 0.29) is 27.8 Å². The van der Waals surface area contributed by atoms with Crippen LogP contribution in [-0.4, -0.2) is 30.8 Å². The third-order valence-electron chi connectivity index (χ3n) is 3.78. The van der Waals surface area contributed by atoms with Crippen molar-refractivity contribution in [3.63, 3.8) is 0 Å². The molecule has 0 radical (unpaired) electrons. The number of hydrogen-bond donors (Lipinski definition) is 1. The number of Topliss-reactive ketones (excluding diaryl/α,β-unsaturated/α-hetero) is 1. The fourth-order valence-corrected chi connectivity index (χ4v) is 2.96. The van der Waals surface area contributed by atoms with Crippen molar-refractivity contribution in [1.29, 1.82) is 0 Å². The van der Waals surface area contributed by atoms with Crippen LogP contribution in [0.4, 0.5) is 0 Å². The number of halogens is 2. The van der Waals surface area contributed by atoms with Crippen LogP contribution in [-0.2, 0) is 16.0 Å². The number of esters is 1. The highest BCUT2D eigenvalue weighted by Crippen LogP contribution is 2.24. The fraction of sp³-hybridized carbons (Fsp3) is 0.211. The Morgan fingerprint density at radius 3 is 2.12 bits per heavy atom. The van der Waals surface area contributed by atoms with Gasteiger partial charge in [-0.15, -0.1) is 0 Å². The van der Waals surface area contributed by atoms with Gasteiger partial charge in [-0.1, -0.05) is 53.5 Å². The quantitative estimate of drug-likeness (QED) is 0.599. The Balaban J connectivity index is 2.21. The lowest BCUT2D eigenvalue weighted by Crippen LogP contribution is -2.43. The van der Waals surface area contributed by atoms with Crippen molar-refractivity contribution in [2.45, 2.75) is 19.4 Å². The Kier molecular flexibility index (Phi) is 6.77. The Bertz CT molecular complexity index is 814. The number of rotatable bonds is 6. The lowest BCUT2D eigenvalue weighted by Gasteiger charge is -2.17. The molecule has 1 atom stereocenters. The molecule has 26 heavy (non-hydrogen) atoms. The van der Waals surface area contributed by atoms with Crippen LogP contribution in [0.25, 0.3) is 0 Å². The zero-order chi connectivity index (χ0) is 19.3. The summed E-state index contributed by atoms with van der Waals surface area (Å²) in [7, 11) is 1.24. The summed E-state index contributed by atoms with van der Waals surface area (Å²) >= 11 is 12.1. The Hall–Kier alpha value is -2.37. The molecule has 0 bridgehead atoms. The summed E-state index contributed by atoms with van der Waals surface area (Å²) in [5.41, 5.74) is 1.42. The summed E-state index contributed by atoms with van der Waals surface area (Å²) in [6.07, 6.45) is 0.193. The maximum absolute atomic E-state index is 12.5. The molecule has 7 heteroatoms. The lowest BCUT2D eigenvalue weighted by molar-refractivity contribution is -0.142. The lowest BCUT2D eigenvalue weighted by atomic mass is 10.0. The van der Waals surface area contributed by atoms with E-state index in [0.717, 1.165) is 5.56 Å². The predicted molar refractivity (Wildman–Crippen MR) is 99.9 cm³/mol. The van der Waals surface area contributed by atoms with Gasteiger partial charge < -0.3 is 10.1 Å². The largest absolute Gasteiger partial charge is 0.467 e. The molecule has 1 unspecified atom stereocenters. The molecule has 2 aromatic carbocycles. The first kappa shape index (κ1) is 19.9. The zero-order valence-electron chi connectivity index (χ0n) is 14.2. The van der Waals surface area contributed by atoms with Gasteiger partial charge in [-0.05, 0) is 24.6 Å². The van der Waals surface area contributed by atoms with E-state index >= 15 is 0 Å². The summed E-state index contributed by atoms with van der Waals surface area (Å²) < 4.78 is 4.77. The number of carbonyl (C=O) groups excluding carboxylic acids is 3. The van der Waals surface area contributed by atoms with Gasteiger partial charge in [0.15, 0.2) is 5.78 Å². The van der Waals surface area contributed by atoms with Gasteiger partial charge in [-0.2, -0.15) is 0 Å². The van der Waals surface area contributed by atoms with Crippen molar-refractivity contribution in [3.8, 4) is 0 Å². The molecular formula is C19H17Cl2NO4. The molecule has 0 heterocycles. The van der Waals surface area contributed by atoms with Crippen molar-refractivity contribution in [3.05, 3.63) is 69.2 Å². The van der Waals surface area contributed by atoms with Crippen LogP contribution in [0.2, 0.25) is 10.0 Å². The number of ether oxygens (including phenoxy) is 1.